The number of esters is 1. The second-order valence-electron chi connectivity index (χ2n) is 12.7. The van der Waals surface area contributed by atoms with Crippen molar-refractivity contribution in [2.75, 3.05) is 7.11 Å². The first kappa shape index (κ1) is 36.1. The molecule has 0 saturated carbocycles. The Bertz CT molecular complexity index is 860. The molecule has 11 nitrogen and oxygen atoms in total. The summed E-state index contributed by atoms with van der Waals surface area (Å²) in [6, 6.07) is -0.602. The molecule has 0 unspecified atom stereocenters. The molecule has 0 aromatic heterocycles. The Morgan fingerprint density at radius 1 is 0.667 bits per heavy atom. The van der Waals surface area contributed by atoms with Crippen LogP contribution in [0.5, 0.6) is 0 Å². The number of nitrogens with one attached hydrogen (secondary N) is 4. The van der Waals surface area contributed by atoms with E-state index >= 15 is 0 Å². The van der Waals surface area contributed by atoms with Gasteiger partial charge in [-0.3, -0.25) is 19.2 Å². The van der Waals surface area contributed by atoms with Crippen molar-refractivity contribution in [3.05, 3.63) is 0 Å². The first-order chi connectivity index (χ1) is 17.6. The summed E-state index contributed by atoms with van der Waals surface area (Å²) in [6.45, 7) is 19.3. The monoisotopic (exact) mass is 556 g/mol. The molecule has 0 spiro atoms. The molecule has 0 aliphatic rings. The van der Waals surface area contributed by atoms with Crippen molar-refractivity contribution in [1.82, 2.24) is 21.3 Å². The number of carbonyl (C=O) groups excluding carboxylic acids is 5. The summed E-state index contributed by atoms with van der Waals surface area (Å²) in [5, 5.41) is 11.2. The second kappa shape index (κ2) is 15.1. The van der Waals surface area contributed by atoms with Crippen molar-refractivity contribution >= 4 is 29.8 Å². The molecule has 4 N–H and O–H groups in total. The number of carbonyl (C=O) groups is 5. The lowest BCUT2D eigenvalue weighted by Gasteiger charge is -2.31. The second-order valence-corrected chi connectivity index (χ2v) is 12.7. The molecule has 0 aliphatic heterocycles. The van der Waals surface area contributed by atoms with Crippen LogP contribution in [0.2, 0.25) is 0 Å². The summed E-state index contributed by atoms with van der Waals surface area (Å²) in [6.07, 6.45) is 0.320. The minimum atomic E-state index is -1.24. The highest BCUT2D eigenvalue weighted by Crippen LogP contribution is 2.15. The van der Waals surface area contributed by atoms with Gasteiger partial charge in [0.1, 0.15) is 16.7 Å². The van der Waals surface area contributed by atoms with E-state index in [1.807, 2.05) is 27.7 Å². The molecule has 39 heavy (non-hydrogen) atoms. The maximum Gasteiger partial charge on any atom is 0.408 e. The molecule has 11 heteroatoms. The summed E-state index contributed by atoms with van der Waals surface area (Å²) in [5.41, 5.74) is -3.13. The fraction of sp³-hybridized carbons (Fsp3) is 0.821. The van der Waals surface area contributed by atoms with Gasteiger partial charge >= 0.3 is 12.1 Å². The SMILES string of the molecule is COC(=O)CC[C@@H](NC(=O)C(C)(C)NC(=O)CC[C@@H](NC(=O)C(C)(C)NC(=O)OC(C)(C)C)C(C)C)C(C)C. The van der Waals surface area contributed by atoms with Gasteiger partial charge in [0, 0.05) is 24.9 Å². The van der Waals surface area contributed by atoms with Gasteiger partial charge in [-0.25, -0.2) is 4.79 Å². The zero-order valence-electron chi connectivity index (χ0n) is 26.0. The van der Waals surface area contributed by atoms with E-state index < -0.39 is 28.7 Å². The van der Waals surface area contributed by atoms with Crippen LogP contribution in [0.15, 0.2) is 0 Å². The van der Waals surface area contributed by atoms with Crippen molar-refractivity contribution in [2.24, 2.45) is 11.8 Å². The van der Waals surface area contributed by atoms with Crippen LogP contribution in [0.1, 0.15) is 102 Å². The van der Waals surface area contributed by atoms with Gasteiger partial charge in [0.2, 0.25) is 17.7 Å². The molecule has 0 aliphatic carbocycles. The molecule has 0 rings (SSSR count). The molecule has 0 saturated heterocycles. The van der Waals surface area contributed by atoms with E-state index in [2.05, 4.69) is 26.0 Å². The Hall–Kier alpha value is -2.85. The smallest absolute Gasteiger partial charge is 0.408 e. The van der Waals surface area contributed by atoms with Crippen LogP contribution in [-0.2, 0) is 28.7 Å². The number of ether oxygens (including phenoxy) is 2. The van der Waals surface area contributed by atoms with Crippen LogP contribution in [0.3, 0.4) is 0 Å². The Balaban J connectivity index is 5.09. The number of methoxy groups -OCH3 is 1. The lowest BCUT2D eigenvalue weighted by Crippen LogP contribution is -2.58. The summed E-state index contributed by atoms with van der Waals surface area (Å²) >= 11 is 0. The van der Waals surface area contributed by atoms with Crippen LogP contribution < -0.4 is 21.3 Å². The molecule has 226 valence electrons. The van der Waals surface area contributed by atoms with Crippen molar-refractivity contribution in [3.8, 4) is 0 Å². The molecule has 0 aromatic carbocycles. The number of hydrogen-bond acceptors (Lipinski definition) is 7. The minimum absolute atomic E-state index is 0.0111. The Kier molecular flexibility index (Phi) is 14.0. The summed E-state index contributed by atoms with van der Waals surface area (Å²) in [4.78, 5) is 62.4. The maximum absolute atomic E-state index is 13.0. The number of rotatable bonds is 14. The van der Waals surface area contributed by atoms with Crippen LogP contribution in [0.25, 0.3) is 0 Å². The molecule has 4 amide bonds. The molecule has 2 atom stereocenters. The van der Waals surface area contributed by atoms with Gasteiger partial charge in [0.05, 0.1) is 7.11 Å². The highest BCUT2D eigenvalue weighted by molar-refractivity contribution is 5.91. The molecule has 0 aromatic rings. The topological polar surface area (TPSA) is 152 Å². The van der Waals surface area contributed by atoms with Gasteiger partial charge in [-0.2, -0.15) is 0 Å². The van der Waals surface area contributed by atoms with E-state index in [0.717, 1.165) is 0 Å². The van der Waals surface area contributed by atoms with Gasteiger partial charge in [-0.05, 0) is 73.1 Å². The van der Waals surface area contributed by atoms with Crippen molar-refractivity contribution < 1.29 is 33.4 Å². The molecule has 0 fully saturated rings. The highest BCUT2D eigenvalue weighted by atomic mass is 16.6. The Labute approximate surface area is 234 Å². The van der Waals surface area contributed by atoms with Crippen LogP contribution >= 0.6 is 0 Å². The van der Waals surface area contributed by atoms with E-state index in [1.165, 1.54) is 7.11 Å². The third-order valence-electron chi connectivity index (χ3n) is 6.21. The zero-order valence-corrected chi connectivity index (χ0v) is 26.0. The predicted octanol–water partition coefficient (Wildman–Crippen LogP) is 3.20. The summed E-state index contributed by atoms with van der Waals surface area (Å²) < 4.78 is 9.94. The van der Waals surface area contributed by atoms with Gasteiger partial charge in [-0.1, -0.05) is 27.7 Å². The summed E-state index contributed by atoms with van der Waals surface area (Å²) in [5.74, 6) is -1.36. The van der Waals surface area contributed by atoms with E-state index in [-0.39, 0.29) is 54.5 Å². The molecule has 0 heterocycles. The average Bonchev–Trinajstić information content (AvgIpc) is 2.75. The van der Waals surface area contributed by atoms with Crippen molar-refractivity contribution in [3.63, 3.8) is 0 Å². The van der Waals surface area contributed by atoms with Crippen molar-refractivity contribution in [1.29, 1.82) is 0 Å². The van der Waals surface area contributed by atoms with Crippen LogP contribution in [-0.4, -0.2) is 65.7 Å². The minimum Gasteiger partial charge on any atom is -0.469 e. The lowest BCUT2D eigenvalue weighted by molar-refractivity contribution is -0.141. The Morgan fingerprint density at radius 3 is 1.46 bits per heavy atom. The van der Waals surface area contributed by atoms with Gasteiger partial charge in [-0.15, -0.1) is 0 Å². The fourth-order valence-electron chi connectivity index (χ4n) is 3.59. The third-order valence-corrected chi connectivity index (χ3v) is 6.21. The normalized spacial score (nSPS) is 13.8. The van der Waals surface area contributed by atoms with Crippen molar-refractivity contribution in [2.45, 2.75) is 131 Å². The number of hydrogen-bond donors (Lipinski definition) is 4. The standard InChI is InChI=1S/C28H52N4O7/c1-17(2)19(29-24(36)28(10,11)32-25(37)39-26(5,6)7)13-15-21(33)31-27(8,9)23(35)30-20(18(3)4)14-16-22(34)38-12/h17-20H,13-16H2,1-12H3,(H,29,36)(H,30,35)(H,31,33)(H,32,37)/t19-,20-/m1/s1. The van der Waals surface area contributed by atoms with Gasteiger partial charge in [0.15, 0.2) is 0 Å². The van der Waals surface area contributed by atoms with Gasteiger partial charge in [0.25, 0.3) is 0 Å². The summed E-state index contributed by atoms with van der Waals surface area (Å²) in [7, 11) is 1.32. The maximum atomic E-state index is 13.0. The predicted molar refractivity (Wildman–Crippen MR) is 150 cm³/mol. The quantitative estimate of drug-likeness (QED) is 0.240. The largest absolute Gasteiger partial charge is 0.469 e. The average molecular weight is 557 g/mol. The molecular formula is C28H52N4O7. The van der Waals surface area contributed by atoms with Crippen LogP contribution in [0, 0.1) is 11.8 Å². The molecule has 0 bridgehead atoms. The van der Waals surface area contributed by atoms with E-state index in [1.54, 1.807) is 48.5 Å². The fourth-order valence-corrected chi connectivity index (χ4v) is 3.59. The highest BCUT2D eigenvalue weighted by Gasteiger charge is 2.35. The van der Waals surface area contributed by atoms with E-state index in [0.29, 0.717) is 12.8 Å². The van der Waals surface area contributed by atoms with E-state index in [4.69, 9.17) is 4.74 Å². The third kappa shape index (κ3) is 14.2. The lowest BCUT2D eigenvalue weighted by atomic mass is 9.95. The Morgan fingerprint density at radius 2 is 1.08 bits per heavy atom. The number of alkyl carbamates (subject to hydrolysis) is 1. The van der Waals surface area contributed by atoms with Crippen LogP contribution in [0.4, 0.5) is 4.79 Å². The molecule has 0 radical (unpaired) electrons. The zero-order chi connectivity index (χ0) is 30.8. The number of amides is 4. The van der Waals surface area contributed by atoms with E-state index in [9.17, 15) is 24.0 Å². The first-order valence-corrected chi connectivity index (χ1v) is 13.6. The first-order valence-electron chi connectivity index (χ1n) is 13.6. The van der Waals surface area contributed by atoms with Gasteiger partial charge < -0.3 is 30.7 Å². The molecular weight excluding hydrogens is 504 g/mol.